The Labute approximate surface area is 111 Å². The number of aryl methyl sites for hydroxylation is 2. The van der Waals surface area contributed by atoms with E-state index in [0.717, 1.165) is 0 Å². The molecular weight excluding hydrogens is 228 g/mol. The molecule has 0 spiro atoms. The monoisotopic (exact) mass is 252 g/mol. The molecule has 0 aliphatic carbocycles. The third-order valence-corrected chi connectivity index (χ3v) is 4.83. The maximum Gasteiger partial charge on any atom is 0.0618 e. The lowest BCUT2D eigenvalue weighted by molar-refractivity contribution is 0.404. The van der Waals surface area contributed by atoms with Gasteiger partial charge < -0.3 is 0 Å². The minimum atomic E-state index is 0.119. The third kappa shape index (κ3) is 2.85. The first-order valence-corrected chi connectivity index (χ1v) is 6.92. The Morgan fingerprint density at radius 3 is 1.65 bits per heavy atom. The topological polar surface area (TPSA) is 0 Å². The van der Waals surface area contributed by atoms with E-state index in [9.17, 15) is 0 Å². The molecule has 0 N–H and O–H groups in total. The summed E-state index contributed by atoms with van der Waals surface area (Å²) in [5, 5.41) is 0.119. The van der Waals surface area contributed by atoms with Crippen LogP contribution in [-0.4, -0.2) is 0 Å². The summed E-state index contributed by atoms with van der Waals surface area (Å²) < 4.78 is 0. The van der Waals surface area contributed by atoms with E-state index in [4.69, 9.17) is 11.6 Å². The Balaban J connectivity index is 3.30. The van der Waals surface area contributed by atoms with Gasteiger partial charge in [0.05, 0.1) is 5.38 Å². The molecule has 2 atom stereocenters. The number of hydrogen-bond acceptors (Lipinski definition) is 0. The summed E-state index contributed by atoms with van der Waals surface area (Å²) in [6.07, 6.45) is 0. The molecule has 1 aromatic rings. The van der Waals surface area contributed by atoms with E-state index < -0.39 is 0 Å². The van der Waals surface area contributed by atoms with Gasteiger partial charge in [-0.2, -0.15) is 0 Å². The molecule has 0 bridgehead atoms. The van der Waals surface area contributed by atoms with Crippen LogP contribution >= 0.6 is 11.6 Å². The Kier molecular flexibility index (Phi) is 4.66. The van der Waals surface area contributed by atoms with Crippen LogP contribution in [0, 0.1) is 39.5 Å². The fraction of sp³-hybridized carbons (Fsp3) is 0.625. The van der Waals surface area contributed by atoms with Gasteiger partial charge in [-0.3, -0.25) is 0 Å². The summed E-state index contributed by atoms with van der Waals surface area (Å²) in [5.41, 5.74) is 6.78. The standard InChI is InChI=1S/C16H25Cl/c1-9(2)12(5)16(17)15-13(6)10(3)8-11(4)14(15)7/h8-9,12,16H,1-7H3. The molecule has 1 heteroatoms. The van der Waals surface area contributed by atoms with E-state index in [1.54, 1.807) is 0 Å². The van der Waals surface area contributed by atoms with Gasteiger partial charge in [0, 0.05) is 0 Å². The van der Waals surface area contributed by atoms with Gasteiger partial charge in [-0.1, -0.05) is 26.8 Å². The zero-order valence-corrected chi connectivity index (χ0v) is 12.9. The van der Waals surface area contributed by atoms with E-state index in [2.05, 4.69) is 54.5 Å². The quantitative estimate of drug-likeness (QED) is 0.624. The van der Waals surface area contributed by atoms with Gasteiger partial charge in [0.25, 0.3) is 0 Å². The molecule has 1 aromatic carbocycles. The number of alkyl halides is 1. The Morgan fingerprint density at radius 2 is 1.29 bits per heavy atom. The summed E-state index contributed by atoms with van der Waals surface area (Å²) in [5.74, 6) is 1.10. The molecule has 0 saturated carbocycles. The van der Waals surface area contributed by atoms with Crippen LogP contribution in [0.1, 0.15) is 54.0 Å². The third-order valence-electron chi connectivity index (χ3n) is 4.21. The lowest BCUT2D eigenvalue weighted by Crippen LogP contribution is -2.14. The Morgan fingerprint density at radius 1 is 0.882 bits per heavy atom. The maximum absolute atomic E-state index is 6.71. The van der Waals surface area contributed by atoms with E-state index in [1.807, 2.05) is 0 Å². The highest BCUT2D eigenvalue weighted by atomic mass is 35.5. The lowest BCUT2D eigenvalue weighted by Gasteiger charge is -2.26. The minimum Gasteiger partial charge on any atom is -0.118 e. The molecule has 0 heterocycles. The highest BCUT2D eigenvalue weighted by molar-refractivity contribution is 6.21. The molecule has 0 radical (unpaired) electrons. The molecule has 0 amide bonds. The number of benzene rings is 1. The molecule has 0 aliphatic rings. The van der Waals surface area contributed by atoms with E-state index in [-0.39, 0.29) is 5.38 Å². The van der Waals surface area contributed by atoms with Gasteiger partial charge in [-0.25, -0.2) is 0 Å². The van der Waals surface area contributed by atoms with E-state index >= 15 is 0 Å². The average Bonchev–Trinajstić information content (AvgIpc) is 2.25. The molecule has 1 rings (SSSR count). The zero-order valence-electron chi connectivity index (χ0n) is 12.2. The fourth-order valence-electron chi connectivity index (χ4n) is 2.26. The first-order chi connectivity index (χ1) is 7.77. The van der Waals surface area contributed by atoms with Crippen LogP contribution in [0.5, 0.6) is 0 Å². The van der Waals surface area contributed by atoms with Crippen molar-refractivity contribution in [2.45, 2.75) is 53.8 Å². The first-order valence-electron chi connectivity index (χ1n) is 6.48. The predicted octanol–water partition coefficient (Wildman–Crippen LogP) is 5.49. The summed E-state index contributed by atoms with van der Waals surface area (Å²) in [4.78, 5) is 0. The highest BCUT2D eigenvalue weighted by Crippen LogP contribution is 2.38. The average molecular weight is 253 g/mol. The largest absolute Gasteiger partial charge is 0.118 e. The molecule has 0 fully saturated rings. The second-order valence-corrected chi connectivity index (χ2v) is 6.15. The van der Waals surface area contributed by atoms with Gasteiger partial charge in [-0.05, 0) is 67.3 Å². The molecule has 0 aromatic heterocycles. The highest BCUT2D eigenvalue weighted by Gasteiger charge is 2.23. The van der Waals surface area contributed by atoms with Crippen molar-refractivity contribution in [1.29, 1.82) is 0 Å². The maximum atomic E-state index is 6.71. The summed E-state index contributed by atoms with van der Waals surface area (Å²) in [6.45, 7) is 15.5. The molecular formula is C16H25Cl. The zero-order chi connectivity index (χ0) is 13.3. The van der Waals surface area contributed by atoms with Crippen LogP contribution < -0.4 is 0 Å². The van der Waals surface area contributed by atoms with E-state index in [1.165, 1.54) is 27.8 Å². The van der Waals surface area contributed by atoms with Crippen LogP contribution in [-0.2, 0) is 0 Å². The van der Waals surface area contributed by atoms with Crippen molar-refractivity contribution in [3.05, 3.63) is 33.9 Å². The van der Waals surface area contributed by atoms with Crippen LogP contribution in [0.3, 0.4) is 0 Å². The normalized spacial score (nSPS) is 15.1. The molecule has 2 unspecified atom stereocenters. The SMILES string of the molecule is Cc1cc(C)c(C)c(C(Cl)C(C)C(C)C)c1C. The second-order valence-electron chi connectivity index (χ2n) is 5.68. The summed E-state index contributed by atoms with van der Waals surface area (Å²) in [7, 11) is 0. The first kappa shape index (κ1) is 14.6. The van der Waals surface area contributed by atoms with Crippen molar-refractivity contribution in [2.24, 2.45) is 11.8 Å². The summed E-state index contributed by atoms with van der Waals surface area (Å²) in [6, 6.07) is 2.26. The smallest absolute Gasteiger partial charge is 0.0618 e. The number of halogens is 1. The van der Waals surface area contributed by atoms with Gasteiger partial charge in [0.1, 0.15) is 0 Å². The van der Waals surface area contributed by atoms with Gasteiger partial charge in [-0.15, -0.1) is 11.6 Å². The second kappa shape index (κ2) is 5.44. The number of rotatable bonds is 3. The predicted molar refractivity (Wildman–Crippen MR) is 78.0 cm³/mol. The van der Waals surface area contributed by atoms with Crippen LogP contribution in [0.4, 0.5) is 0 Å². The Bertz CT molecular complexity index is 378. The molecule has 0 aliphatic heterocycles. The van der Waals surface area contributed by atoms with Crippen molar-refractivity contribution < 1.29 is 0 Å². The molecule has 0 saturated heterocycles. The lowest BCUT2D eigenvalue weighted by atomic mass is 9.84. The van der Waals surface area contributed by atoms with Crippen molar-refractivity contribution in [1.82, 2.24) is 0 Å². The number of hydrogen-bond donors (Lipinski definition) is 0. The fourth-order valence-corrected chi connectivity index (χ4v) is 2.88. The van der Waals surface area contributed by atoms with Crippen LogP contribution in [0.2, 0.25) is 0 Å². The van der Waals surface area contributed by atoms with Crippen molar-refractivity contribution in [3.8, 4) is 0 Å². The molecule has 0 nitrogen and oxygen atoms in total. The summed E-state index contributed by atoms with van der Waals surface area (Å²) >= 11 is 6.71. The molecule has 17 heavy (non-hydrogen) atoms. The van der Waals surface area contributed by atoms with Crippen molar-refractivity contribution in [3.63, 3.8) is 0 Å². The van der Waals surface area contributed by atoms with Gasteiger partial charge in [0.15, 0.2) is 0 Å². The molecule has 96 valence electrons. The van der Waals surface area contributed by atoms with Gasteiger partial charge in [0.2, 0.25) is 0 Å². The van der Waals surface area contributed by atoms with E-state index in [0.29, 0.717) is 11.8 Å². The van der Waals surface area contributed by atoms with Gasteiger partial charge >= 0.3 is 0 Å². The van der Waals surface area contributed by atoms with Crippen molar-refractivity contribution in [2.75, 3.05) is 0 Å². The van der Waals surface area contributed by atoms with Crippen LogP contribution in [0.15, 0.2) is 6.07 Å². The minimum absolute atomic E-state index is 0.119. The van der Waals surface area contributed by atoms with Crippen LogP contribution in [0.25, 0.3) is 0 Å². The van der Waals surface area contributed by atoms with Crippen molar-refractivity contribution >= 4 is 11.6 Å². The Hall–Kier alpha value is -0.490.